The number of carbonyl (C=O) groups is 1. The van der Waals surface area contributed by atoms with Gasteiger partial charge in [-0.05, 0) is 68.3 Å². The molecule has 1 atom stereocenters. The van der Waals surface area contributed by atoms with Crippen molar-refractivity contribution < 1.29 is 17.9 Å². The van der Waals surface area contributed by atoms with E-state index in [-0.39, 0.29) is 23.2 Å². The molecule has 0 spiro atoms. The van der Waals surface area contributed by atoms with Gasteiger partial charge in [-0.1, -0.05) is 65.7 Å². The summed E-state index contributed by atoms with van der Waals surface area (Å²) in [4.78, 5) is 12.4. The van der Waals surface area contributed by atoms with Crippen molar-refractivity contribution in [3.63, 3.8) is 0 Å². The summed E-state index contributed by atoms with van der Waals surface area (Å²) < 4.78 is 35.8. The third-order valence-corrected chi connectivity index (χ3v) is 7.45. The molecule has 0 radical (unpaired) electrons. The Bertz CT molecular complexity index is 1570. The summed E-state index contributed by atoms with van der Waals surface area (Å²) >= 11 is 12.0. The van der Waals surface area contributed by atoms with E-state index in [1.54, 1.807) is 32.9 Å². The van der Waals surface area contributed by atoms with Gasteiger partial charge in [0, 0.05) is 16.0 Å². The van der Waals surface area contributed by atoms with Crippen LogP contribution in [0.3, 0.4) is 0 Å². The standard InChI is InChI=1S/C28H27Cl2N5O4S/c1-28(2,3)39-27(36)32-25(31)26(34-40(37,38)22-15-13-21(30)14-16-22)35-17-23(18-7-5-4-6-8-18)24(33-35)19-9-11-20(29)12-10-19/h4-16,23H,17H2,1-3H3,(H2,31,32,36)/b34-26+. The fourth-order valence-electron chi connectivity index (χ4n) is 3.92. The summed E-state index contributed by atoms with van der Waals surface area (Å²) in [5, 5.41) is 17.8. The number of rotatable bonds is 4. The van der Waals surface area contributed by atoms with Crippen LogP contribution in [0.2, 0.25) is 10.0 Å². The predicted molar refractivity (Wildman–Crippen MR) is 157 cm³/mol. The molecule has 2 N–H and O–H groups in total. The SMILES string of the molecule is CC(C)(C)OC(=O)NC(=N)/C(=N\S(=O)(=O)c1ccc(Cl)cc1)N1CC(c2ccccc2)C(c2ccc(Cl)cc2)=N1. The van der Waals surface area contributed by atoms with Crippen LogP contribution in [0, 0.1) is 5.41 Å². The molecule has 3 aromatic carbocycles. The molecule has 3 aromatic rings. The Kier molecular flexibility index (Phi) is 8.62. The highest BCUT2D eigenvalue weighted by molar-refractivity contribution is 7.90. The molecule has 0 saturated heterocycles. The highest BCUT2D eigenvalue weighted by Gasteiger charge is 2.34. The Balaban J connectivity index is 1.80. The Morgan fingerprint density at radius 1 is 1.00 bits per heavy atom. The average molecular weight is 601 g/mol. The largest absolute Gasteiger partial charge is 0.444 e. The van der Waals surface area contributed by atoms with Crippen LogP contribution >= 0.6 is 23.2 Å². The van der Waals surface area contributed by atoms with Crippen LogP contribution in [0.1, 0.15) is 37.8 Å². The molecular weight excluding hydrogens is 573 g/mol. The van der Waals surface area contributed by atoms with E-state index < -0.39 is 27.6 Å². The van der Waals surface area contributed by atoms with Crippen molar-refractivity contribution in [1.82, 2.24) is 10.3 Å². The number of benzene rings is 3. The molecule has 9 nitrogen and oxygen atoms in total. The van der Waals surface area contributed by atoms with E-state index in [1.165, 1.54) is 29.3 Å². The highest BCUT2D eigenvalue weighted by Crippen LogP contribution is 2.30. The van der Waals surface area contributed by atoms with Crippen LogP contribution in [-0.4, -0.2) is 49.0 Å². The molecule has 1 amide bonds. The minimum Gasteiger partial charge on any atom is -0.444 e. The van der Waals surface area contributed by atoms with Crippen molar-refractivity contribution >= 4 is 56.7 Å². The maximum absolute atomic E-state index is 13.3. The second kappa shape index (κ2) is 11.8. The number of sulfonamides is 1. The van der Waals surface area contributed by atoms with Crippen molar-refractivity contribution in [1.29, 1.82) is 5.41 Å². The van der Waals surface area contributed by atoms with Gasteiger partial charge in [0.2, 0.25) is 5.84 Å². The molecule has 208 valence electrons. The van der Waals surface area contributed by atoms with Gasteiger partial charge in [-0.2, -0.15) is 13.5 Å². The van der Waals surface area contributed by atoms with Gasteiger partial charge in [-0.25, -0.2) is 9.80 Å². The Hall–Kier alpha value is -3.73. The zero-order valence-corrected chi connectivity index (χ0v) is 24.3. The van der Waals surface area contributed by atoms with Gasteiger partial charge in [0.1, 0.15) is 5.60 Å². The quantitative estimate of drug-likeness (QED) is 0.277. The molecule has 1 aliphatic heterocycles. The van der Waals surface area contributed by atoms with Gasteiger partial charge < -0.3 is 4.74 Å². The first-order valence-electron chi connectivity index (χ1n) is 12.2. The average Bonchev–Trinajstić information content (AvgIpc) is 3.32. The number of amides is 1. The van der Waals surface area contributed by atoms with Crippen LogP contribution in [0.4, 0.5) is 4.79 Å². The Morgan fingerprint density at radius 2 is 1.57 bits per heavy atom. The van der Waals surface area contributed by atoms with Gasteiger partial charge in [0.25, 0.3) is 10.0 Å². The number of hydrogen-bond acceptors (Lipinski definition) is 6. The number of carbonyl (C=O) groups excluding carboxylic acids is 1. The van der Waals surface area contributed by atoms with E-state index in [2.05, 4.69) is 9.71 Å². The molecule has 0 aliphatic carbocycles. The smallest absolute Gasteiger partial charge is 0.413 e. The topological polar surface area (TPSA) is 124 Å². The van der Waals surface area contributed by atoms with Gasteiger partial charge in [0.15, 0.2) is 5.84 Å². The zero-order valence-electron chi connectivity index (χ0n) is 21.9. The Labute approximate surface area is 243 Å². The van der Waals surface area contributed by atoms with Crippen LogP contribution in [0.5, 0.6) is 0 Å². The third-order valence-electron chi connectivity index (χ3n) is 5.67. The number of ether oxygens (including phenoxy) is 1. The predicted octanol–water partition coefficient (Wildman–Crippen LogP) is 6.09. The van der Waals surface area contributed by atoms with Gasteiger partial charge >= 0.3 is 6.09 Å². The number of hydrazone groups is 1. The third kappa shape index (κ3) is 7.26. The molecule has 0 fully saturated rings. The first-order chi connectivity index (χ1) is 18.8. The van der Waals surface area contributed by atoms with Crippen LogP contribution < -0.4 is 5.32 Å². The van der Waals surface area contributed by atoms with Crippen LogP contribution in [-0.2, 0) is 14.8 Å². The van der Waals surface area contributed by atoms with Gasteiger partial charge in [-0.3, -0.25) is 10.7 Å². The zero-order chi connectivity index (χ0) is 29.1. The molecule has 12 heteroatoms. The van der Waals surface area contributed by atoms with Crippen molar-refractivity contribution in [3.8, 4) is 0 Å². The number of nitrogens with zero attached hydrogens (tertiary/aromatic N) is 3. The van der Waals surface area contributed by atoms with Crippen molar-refractivity contribution in [2.45, 2.75) is 37.2 Å². The molecule has 40 heavy (non-hydrogen) atoms. The van der Waals surface area contributed by atoms with Crippen molar-refractivity contribution in [2.75, 3.05) is 6.54 Å². The second-order valence-corrected chi connectivity index (χ2v) is 12.4. The maximum Gasteiger partial charge on any atom is 0.413 e. The lowest BCUT2D eigenvalue weighted by Gasteiger charge is -2.22. The van der Waals surface area contributed by atoms with Crippen LogP contribution in [0.15, 0.2) is 93.3 Å². The summed E-state index contributed by atoms with van der Waals surface area (Å²) in [6, 6.07) is 22.1. The second-order valence-electron chi connectivity index (χ2n) is 9.88. The molecule has 1 heterocycles. The fourth-order valence-corrected chi connectivity index (χ4v) is 5.17. The molecule has 1 aliphatic rings. The first kappa shape index (κ1) is 29.3. The normalized spacial score (nSPS) is 15.9. The highest BCUT2D eigenvalue weighted by atomic mass is 35.5. The molecule has 1 unspecified atom stereocenters. The number of nitrogens with one attached hydrogen (secondary N) is 2. The summed E-state index contributed by atoms with van der Waals surface area (Å²) in [7, 11) is -4.33. The minimum absolute atomic E-state index is 0.139. The minimum atomic E-state index is -4.33. The van der Waals surface area contributed by atoms with Gasteiger partial charge in [0.05, 0.1) is 17.2 Å². The van der Waals surface area contributed by atoms with E-state index in [0.29, 0.717) is 15.8 Å². The molecule has 0 aromatic heterocycles. The number of amidine groups is 2. The van der Waals surface area contributed by atoms with Gasteiger partial charge in [-0.15, -0.1) is 4.40 Å². The maximum atomic E-state index is 13.3. The Morgan fingerprint density at radius 3 is 2.15 bits per heavy atom. The van der Waals surface area contributed by atoms with Crippen molar-refractivity contribution in [3.05, 3.63) is 100 Å². The summed E-state index contributed by atoms with van der Waals surface area (Å²) in [5.74, 6) is -1.29. The summed E-state index contributed by atoms with van der Waals surface area (Å²) in [6.07, 6.45) is -0.935. The van der Waals surface area contributed by atoms with E-state index in [0.717, 1.165) is 11.1 Å². The lowest BCUT2D eigenvalue weighted by atomic mass is 9.91. The first-order valence-corrected chi connectivity index (χ1v) is 14.4. The number of hydrogen-bond donors (Lipinski definition) is 2. The molecule has 0 bridgehead atoms. The molecule has 0 saturated carbocycles. The molecular formula is C28H27Cl2N5O4S. The summed E-state index contributed by atoms with van der Waals surface area (Å²) in [5.41, 5.74) is 1.45. The van der Waals surface area contributed by atoms with Crippen molar-refractivity contribution in [2.24, 2.45) is 9.50 Å². The fraction of sp³-hybridized carbons (Fsp3) is 0.214. The lowest BCUT2D eigenvalue weighted by molar-refractivity contribution is 0.0563. The monoisotopic (exact) mass is 599 g/mol. The molecule has 4 rings (SSSR count). The van der Waals surface area contributed by atoms with E-state index in [4.69, 9.17) is 38.4 Å². The van der Waals surface area contributed by atoms with E-state index in [9.17, 15) is 13.2 Å². The lowest BCUT2D eigenvalue weighted by Crippen LogP contribution is -2.44. The summed E-state index contributed by atoms with van der Waals surface area (Å²) in [6.45, 7) is 5.16. The van der Waals surface area contributed by atoms with E-state index >= 15 is 0 Å². The van der Waals surface area contributed by atoms with E-state index in [1.807, 2.05) is 42.5 Å². The van der Waals surface area contributed by atoms with Crippen LogP contribution in [0.25, 0.3) is 0 Å². The number of halogens is 2. The number of alkyl carbamates (subject to hydrolysis) is 1.